The van der Waals surface area contributed by atoms with Crippen LogP contribution >= 0.6 is 0 Å². The van der Waals surface area contributed by atoms with Gasteiger partial charge < -0.3 is 10.1 Å². The van der Waals surface area contributed by atoms with Crippen molar-refractivity contribution in [3.63, 3.8) is 0 Å². The Balaban J connectivity index is 1.91. The predicted molar refractivity (Wildman–Crippen MR) is 103 cm³/mol. The summed E-state index contributed by atoms with van der Waals surface area (Å²) >= 11 is 0. The summed E-state index contributed by atoms with van der Waals surface area (Å²) in [5.74, 6) is -0.780. The summed E-state index contributed by atoms with van der Waals surface area (Å²) in [6.45, 7) is 3.02. The lowest BCUT2D eigenvalue weighted by Crippen LogP contribution is -2.33. The van der Waals surface area contributed by atoms with Gasteiger partial charge in [0.2, 0.25) is 0 Å². The van der Waals surface area contributed by atoms with E-state index in [2.05, 4.69) is 12.2 Å². The van der Waals surface area contributed by atoms with Gasteiger partial charge in [-0.25, -0.2) is 4.79 Å². The lowest BCUT2D eigenvalue weighted by Gasteiger charge is -2.08. The topological polar surface area (TPSA) is 72.5 Å². The molecule has 1 unspecified atom stereocenters. The second-order valence-electron chi connectivity index (χ2n) is 7.41. The Morgan fingerprint density at radius 2 is 1.46 bits per heavy atom. The van der Waals surface area contributed by atoms with E-state index in [0.29, 0.717) is 19.3 Å². The molecule has 0 spiro atoms. The van der Waals surface area contributed by atoms with E-state index in [0.717, 1.165) is 32.2 Å². The van der Waals surface area contributed by atoms with Crippen molar-refractivity contribution in [3.8, 4) is 0 Å². The Kier molecular flexibility index (Phi) is 13.1. The molecule has 0 radical (unpaired) electrons. The first-order valence-corrected chi connectivity index (χ1v) is 10.6. The molecule has 26 heavy (non-hydrogen) atoms. The summed E-state index contributed by atoms with van der Waals surface area (Å²) in [4.78, 5) is 35.2. The average molecular weight is 368 g/mol. The monoisotopic (exact) mass is 367 g/mol. The molecule has 150 valence electrons. The number of rotatable bonds is 15. The van der Waals surface area contributed by atoms with Gasteiger partial charge in [-0.05, 0) is 32.2 Å². The van der Waals surface area contributed by atoms with Crippen molar-refractivity contribution < 1.29 is 19.1 Å². The highest BCUT2D eigenvalue weighted by molar-refractivity contribution is 5.88. The quantitative estimate of drug-likeness (QED) is 0.263. The van der Waals surface area contributed by atoms with Crippen LogP contribution in [-0.2, 0) is 19.1 Å². The molecule has 1 atom stereocenters. The van der Waals surface area contributed by atoms with Gasteiger partial charge in [0, 0.05) is 19.3 Å². The molecule has 5 nitrogen and oxygen atoms in total. The van der Waals surface area contributed by atoms with E-state index in [-0.39, 0.29) is 18.2 Å². The van der Waals surface area contributed by atoms with Crippen molar-refractivity contribution >= 4 is 17.7 Å². The largest absolute Gasteiger partial charge is 0.392 e. The molecule has 0 aromatic rings. The van der Waals surface area contributed by atoms with Gasteiger partial charge >= 0.3 is 11.9 Å². The van der Waals surface area contributed by atoms with Crippen LogP contribution in [0.1, 0.15) is 103 Å². The number of ketones is 1. The number of hydrogen-bond acceptors (Lipinski definition) is 5. The summed E-state index contributed by atoms with van der Waals surface area (Å²) in [5, 5.41) is 3.01. The van der Waals surface area contributed by atoms with Crippen molar-refractivity contribution in [2.45, 2.75) is 109 Å². The van der Waals surface area contributed by atoms with Crippen LogP contribution in [0, 0.1) is 0 Å². The normalized spacial score (nSPS) is 16.6. The lowest BCUT2D eigenvalue weighted by atomic mass is 10.0. The van der Waals surface area contributed by atoms with Crippen LogP contribution in [0.3, 0.4) is 0 Å². The van der Waals surface area contributed by atoms with Gasteiger partial charge in [-0.2, -0.15) is 0 Å². The predicted octanol–water partition coefficient (Wildman–Crippen LogP) is 4.47. The summed E-state index contributed by atoms with van der Waals surface area (Å²) in [5.41, 5.74) is 0. The third kappa shape index (κ3) is 11.4. The van der Waals surface area contributed by atoms with Crippen LogP contribution < -0.4 is 5.32 Å². The van der Waals surface area contributed by atoms with Gasteiger partial charge in [0.25, 0.3) is 0 Å². The molecule has 1 saturated heterocycles. The second-order valence-corrected chi connectivity index (χ2v) is 7.41. The van der Waals surface area contributed by atoms with Crippen LogP contribution in [0.2, 0.25) is 0 Å². The molecule has 5 heteroatoms. The van der Waals surface area contributed by atoms with Crippen molar-refractivity contribution in [1.29, 1.82) is 0 Å². The molecule has 1 heterocycles. The van der Waals surface area contributed by atoms with Gasteiger partial charge in [-0.1, -0.05) is 58.3 Å². The average Bonchev–Trinajstić information content (AvgIpc) is 3.15. The maximum atomic E-state index is 11.8. The van der Waals surface area contributed by atoms with E-state index in [9.17, 15) is 14.4 Å². The molecule has 1 aliphatic rings. The minimum absolute atomic E-state index is 0.141. The van der Waals surface area contributed by atoms with E-state index >= 15 is 0 Å². The standard InChI is InChI=1S/C21H37NO4/c1-2-3-4-5-6-7-8-9-10-13-18(23)14-11-16-20(24)26-21(25)19-15-12-17-22-19/h19,22H,2-17H2,1H3. The molecule has 1 fully saturated rings. The Labute approximate surface area is 158 Å². The van der Waals surface area contributed by atoms with Gasteiger partial charge in [0.15, 0.2) is 0 Å². The van der Waals surface area contributed by atoms with Crippen molar-refractivity contribution in [3.05, 3.63) is 0 Å². The zero-order valence-electron chi connectivity index (χ0n) is 16.5. The van der Waals surface area contributed by atoms with Crippen molar-refractivity contribution in [2.75, 3.05) is 6.54 Å². The third-order valence-corrected chi connectivity index (χ3v) is 4.95. The maximum Gasteiger partial charge on any atom is 0.330 e. The fraction of sp³-hybridized carbons (Fsp3) is 0.857. The first kappa shape index (κ1) is 22.8. The summed E-state index contributed by atoms with van der Waals surface area (Å²) in [6.07, 6.45) is 14.4. The molecular formula is C21H37NO4. The van der Waals surface area contributed by atoms with Crippen LogP contribution in [-0.4, -0.2) is 30.3 Å². The van der Waals surface area contributed by atoms with Gasteiger partial charge in [0.05, 0.1) is 0 Å². The van der Waals surface area contributed by atoms with E-state index in [1.807, 2.05) is 0 Å². The highest BCUT2D eigenvalue weighted by atomic mass is 16.6. The minimum Gasteiger partial charge on any atom is -0.392 e. The number of esters is 2. The van der Waals surface area contributed by atoms with Crippen LogP contribution in [0.5, 0.6) is 0 Å². The fourth-order valence-corrected chi connectivity index (χ4v) is 3.31. The van der Waals surface area contributed by atoms with E-state index in [1.165, 1.54) is 44.9 Å². The van der Waals surface area contributed by atoms with E-state index in [4.69, 9.17) is 4.74 Å². The lowest BCUT2D eigenvalue weighted by molar-refractivity contribution is -0.160. The zero-order chi connectivity index (χ0) is 19.0. The summed E-state index contributed by atoms with van der Waals surface area (Å²) in [6, 6.07) is -0.341. The summed E-state index contributed by atoms with van der Waals surface area (Å²) < 4.78 is 4.82. The number of ether oxygens (including phenoxy) is 1. The summed E-state index contributed by atoms with van der Waals surface area (Å²) in [7, 11) is 0. The second kappa shape index (κ2) is 14.9. The molecule has 1 rings (SSSR count). The number of hydrogen-bond donors (Lipinski definition) is 1. The Morgan fingerprint density at radius 1 is 0.846 bits per heavy atom. The van der Waals surface area contributed by atoms with Gasteiger partial charge in [-0.15, -0.1) is 0 Å². The molecule has 0 bridgehead atoms. The van der Waals surface area contributed by atoms with Crippen LogP contribution in [0.25, 0.3) is 0 Å². The number of unbranched alkanes of at least 4 members (excludes halogenated alkanes) is 8. The van der Waals surface area contributed by atoms with Crippen molar-refractivity contribution in [2.24, 2.45) is 0 Å². The maximum absolute atomic E-state index is 11.8. The van der Waals surface area contributed by atoms with Gasteiger partial charge in [-0.3, -0.25) is 9.59 Å². The molecule has 1 aliphatic heterocycles. The molecular weight excluding hydrogens is 330 g/mol. The zero-order valence-corrected chi connectivity index (χ0v) is 16.5. The number of carbonyl (C=O) groups is 3. The Bertz CT molecular complexity index is 416. The van der Waals surface area contributed by atoms with E-state index in [1.54, 1.807) is 0 Å². The molecule has 0 amide bonds. The highest BCUT2D eigenvalue weighted by Gasteiger charge is 2.25. The van der Waals surface area contributed by atoms with E-state index < -0.39 is 11.9 Å². The molecule has 0 aliphatic carbocycles. The third-order valence-electron chi connectivity index (χ3n) is 4.95. The minimum atomic E-state index is -0.514. The SMILES string of the molecule is CCCCCCCCCCCC(=O)CCCC(=O)OC(=O)C1CCCN1. The number of carbonyl (C=O) groups excluding carboxylic acids is 3. The van der Waals surface area contributed by atoms with Crippen LogP contribution in [0.15, 0.2) is 0 Å². The Hall–Kier alpha value is -1.23. The molecule has 0 saturated carbocycles. The highest BCUT2D eigenvalue weighted by Crippen LogP contribution is 2.12. The number of Topliss-reactive ketones (excluding diaryl/α,β-unsaturated/α-hetero) is 1. The number of nitrogens with one attached hydrogen (secondary N) is 1. The van der Waals surface area contributed by atoms with Crippen molar-refractivity contribution in [1.82, 2.24) is 5.32 Å². The van der Waals surface area contributed by atoms with Crippen LogP contribution in [0.4, 0.5) is 0 Å². The molecule has 1 N–H and O–H groups in total. The molecule has 0 aromatic carbocycles. The Morgan fingerprint density at radius 3 is 2.08 bits per heavy atom. The fourth-order valence-electron chi connectivity index (χ4n) is 3.31. The smallest absolute Gasteiger partial charge is 0.330 e. The van der Waals surface area contributed by atoms with Gasteiger partial charge in [0.1, 0.15) is 11.8 Å². The first-order chi connectivity index (χ1) is 12.6. The molecule has 0 aromatic heterocycles. The first-order valence-electron chi connectivity index (χ1n) is 10.6.